The van der Waals surface area contributed by atoms with E-state index in [0.29, 0.717) is 5.69 Å². The van der Waals surface area contributed by atoms with E-state index in [-0.39, 0.29) is 67.8 Å². The fourth-order valence-electron chi connectivity index (χ4n) is 6.52. The average molecular weight is 986 g/mol. The molecular weight excluding hydrogens is 919 g/mol. The van der Waals surface area contributed by atoms with Gasteiger partial charge in [0.2, 0.25) is 53.2 Å². The van der Waals surface area contributed by atoms with Crippen LogP contribution in [0.2, 0.25) is 0 Å². The van der Waals surface area contributed by atoms with E-state index in [0.717, 1.165) is 0 Å². The minimum absolute atomic E-state index is 0.0538. The minimum atomic E-state index is -1.53. The second-order valence-electron chi connectivity index (χ2n) is 17.2. The highest BCUT2D eigenvalue weighted by atomic mass is 16.6. The summed E-state index contributed by atoms with van der Waals surface area (Å²) in [6.07, 6.45) is 3.07. The molecule has 1 heterocycles. The number of anilines is 1. The normalized spacial score (nSPS) is 13.9. The Hall–Kier alpha value is -7.71. The Labute approximate surface area is 404 Å². The van der Waals surface area contributed by atoms with Gasteiger partial charge in [-0.05, 0) is 63.5 Å². The Balaban J connectivity index is 2.15. The number of hydrogen-bond donors (Lipinski definition) is 13. The first kappa shape index (κ1) is 58.4. The van der Waals surface area contributed by atoms with Crippen LogP contribution >= 0.6 is 0 Å². The van der Waals surface area contributed by atoms with Crippen LogP contribution in [0.1, 0.15) is 79.8 Å². The smallest absolute Gasteiger partial charge is 0.269 e. The van der Waals surface area contributed by atoms with Crippen LogP contribution in [0.25, 0.3) is 0 Å². The van der Waals surface area contributed by atoms with Crippen molar-refractivity contribution in [3.8, 4) is 0 Å². The van der Waals surface area contributed by atoms with E-state index in [9.17, 15) is 58.4 Å². The van der Waals surface area contributed by atoms with Crippen LogP contribution in [-0.2, 0) is 49.6 Å². The fraction of sp³-hybridized carbons (Fsp3) is 0.558. The number of carbonyl (C=O) groups excluding carboxylic acids is 9. The number of nitro groups is 1. The highest BCUT2D eigenvalue weighted by Gasteiger charge is 2.32. The molecule has 0 saturated heterocycles. The van der Waals surface area contributed by atoms with Crippen molar-refractivity contribution >= 4 is 70.5 Å². The predicted molar refractivity (Wildman–Crippen MR) is 253 cm³/mol. The molecule has 1 aromatic carbocycles. The number of nitrogens with two attached hydrogens (primary N) is 2. The minimum Gasteiger partial charge on any atom is -0.394 e. The largest absolute Gasteiger partial charge is 0.394 e. The van der Waals surface area contributed by atoms with E-state index < -0.39 is 114 Å². The van der Waals surface area contributed by atoms with Gasteiger partial charge in [0.25, 0.3) is 5.69 Å². The molecule has 2 aromatic rings. The molecule has 0 aliphatic carbocycles. The van der Waals surface area contributed by atoms with Gasteiger partial charge < -0.3 is 69.4 Å². The van der Waals surface area contributed by atoms with Crippen LogP contribution in [0.5, 0.6) is 0 Å². The van der Waals surface area contributed by atoms with E-state index in [2.05, 4.69) is 62.8 Å². The lowest BCUT2D eigenvalue weighted by Crippen LogP contribution is -2.59. The summed E-state index contributed by atoms with van der Waals surface area (Å²) < 4.78 is 0. The molecule has 0 radical (unpaired) electrons. The zero-order valence-electron chi connectivity index (χ0n) is 40.3. The number of imidazole rings is 1. The number of nitrogens with one attached hydrogen (secondary N) is 10. The van der Waals surface area contributed by atoms with Gasteiger partial charge in [-0.3, -0.25) is 58.3 Å². The molecule has 70 heavy (non-hydrogen) atoms. The van der Waals surface area contributed by atoms with Crippen molar-refractivity contribution in [2.75, 3.05) is 25.0 Å². The van der Waals surface area contributed by atoms with Gasteiger partial charge >= 0.3 is 0 Å². The lowest BCUT2D eigenvalue weighted by Gasteiger charge is -2.26. The number of amides is 9. The van der Waals surface area contributed by atoms with Gasteiger partial charge in [-0.1, -0.05) is 27.7 Å². The number of non-ortho nitro benzene ring substituents is 1. The number of guanidine groups is 1. The number of aromatic nitrogens is 2. The van der Waals surface area contributed by atoms with Gasteiger partial charge in [0.1, 0.15) is 42.3 Å². The number of carbonyl (C=O) groups is 9. The SMILES string of the molecule is CC(=O)N[C@@H](C)C(=O)N[C@@H](CO)C(=O)N[C@@H](Cc1cnc[nH]1)C(=O)N[C@@H](CC(C)C)C(=O)NCC(=O)N[C@@H](CC(C)C)C(=O)N[C@@H](C)C(=O)N[C@@H](CCCN=C(N)N)C(=O)Nc1ccc([N+](=O)[O-])cc1. The summed E-state index contributed by atoms with van der Waals surface area (Å²) in [7, 11) is 0. The van der Waals surface area contributed by atoms with Crippen LogP contribution in [0.4, 0.5) is 11.4 Å². The maximum atomic E-state index is 13.8. The summed E-state index contributed by atoms with van der Waals surface area (Å²) >= 11 is 0. The summed E-state index contributed by atoms with van der Waals surface area (Å²) in [5, 5.41) is 43.5. The third-order valence-electron chi connectivity index (χ3n) is 10.0. The molecular formula is C43H67N15O12. The molecule has 386 valence electrons. The summed E-state index contributed by atoms with van der Waals surface area (Å²) in [6, 6.07) is -3.77. The van der Waals surface area contributed by atoms with Gasteiger partial charge in [0, 0.05) is 49.6 Å². The summed E-state index contributed by atoms with van der Waals surface area (Å²) in [5.74, 6) is -7.33. The first-order valence-electron chi connectivity index (χ1n) is 22.4. The van der Waals surface area contributed by atoms with Crippen molar-refractivity contribution in [2.45, 2.75) is 123 Å². The second-order valence-corrected chi connectivity index (χ2v) is 17.2. The topological polar surface area (TPSA) is 418 Å². The van der Waals surface area contributed by atoms with Crippen molar-refractivity contribution < 1.29 is 53.2 Å². The number of nitro benzene ring substituents is 1. The Kier molecular flexibility index (Phi) is 24.4. The Bertz CT molecular complexity index is 2150. The number of aliphatic hydroxyl groups is 1. The standard InChI is InChI=1S/C43H67N15O12/c1-22(2)15-31(55-41(67)33(17-28-18-46-21-49-28)56-42(68)34(20-59)57-36(62)24(5)50-26(7)60)38(64)48-19-35(61)53-32(16-23(3)4)40(66)51-25(6)37(63)54-30(9-8-14-47-43(44)45)39(65)52-27-10-12-29(13-11-27)58(69)70/h10-13,18,21-25,30-34,59H,8-9,14-17,19-20H2,1-7H3,(H,46,49)(H,48,64)(H,50,60)(H,51,66)(H,52,65)(H,53,61)(H,54,63)(H,55,67)(H,56,68)(H,57,62)(H4,44,45,47)/t24-,25-,30-,31-,32-,33-,34-/m0/s1. The quantitative estimate of drug-likeness (QED) is 0.0129. The van der Waals surface area contributed by atoms with E-state index in [1.165, 1.54) is 57.6 Å². The Morgan fingerprint density at radius 3 is 1.76 bits per heavy atom. The van der Waals surface area contributed by atoms with Gasteiger partial charge in [-0.2, -0.15) is 0 Å². The van der Waals surface area contributed by atoms with Gasteiger partial charge in [-0.25, -0.2) is 4.98 Å². The number of aromatic amines is 1. The van der Waals surface area contributed by atoms with Crippen molar-refractivity contribution in [1.29, 1.82) is 0 Å². The molecule has 2 rings (SSSR count). The van der Waals surface area contributed by atoms with Crippen LogP contribution < -0.4 is 59.3 Å². The molecule has 0 fully saturated rings. The van der Waals surface area contributed by atoms with Crippen molar-refractivity contribution in [2.24, 2.45) is 28.3 Å². The number of aliphatic hydroxyl groups excluding tert-OH is 1. The molecule has 1 aromatic heterocycles. The number of rotatable bonds is 29. The number of benzene rings is 1. The fourth-order valence-corrected chi connectivity index (χ4v) is 6.52. The maximum absolute atomic E-state index is 13.8. The van der Waals surface area contributed by atoms with E-state index >= 15 is 0 Å². The number of aliphatic imine (C=N–C) groups is 1. The highest BCUT2D eigenvalue weighted by Crippen LogP contribution is 2.16. The third-order valence-corrected chi connectivity index (χ3v) is 10.0. The van der Waals surface area contributed by atoms with E-state index in [1.807, 2.05) is 0 Å². The van der Waals surface area contributed by atoms with Gasteiger partial charge in [0.05, 0.1) is 24.4 Å². The van der Waals surface area contributed by atoms with Crippen molar-refractivity contribution in [3.63, 3.8) is 0 Å². The molecule has 0 bridgehead atoms. The molecule has 0 aliphatic heterocycles. The molecule has 0 saturated carbocycles. The second kappa shape index (κ2) is 29.2. The first-order valence-corrected chi connectivity index (χ1v) is 22.4. The molecule has 9 amide bonds. The van der Waals surface area contributed by atoms with Gasteiger partial charge in [-0.15, -0.1) is 0 Å². The maximum Gasteiger partial charge on any atom is 0.269 e. The average Bonchev–Trinajstić information content (AvgIpc) is 3.80. The molecule has 0 unspecified atom stereocenters. The zero-order chi connectivity index (χ0) is 52.7. The Morgan fingerprint density at radius 2 is 1.23 bits per heavy atom. The van der Waals surface area contributed by atoms with Crippen LogP contribution in [0.15, 0.2) is 41.8 Å². The molecule has 27 nitrogen and oxygen atoms in total. The highest BCUT2D eigenvalue weighted by molar-refractivity contribution is 5.99. The number of H-pyrrole nitrogens is 1. The molecule has 7 atom stereocenters. The number of nitrogens with zero attached hydrogens (tertiary/aromatic N) is 3. The molecule has 0 spiro atoms. The number of hydrogen-bond acceptors (Lipinski definition) is 14. The third kappa shape index (κ3) is 21.5. The van der Waals surface area contributed by atoms with Crippen molar-refractivity contribution in [3.05, 3.63) is 52.6 Å². The Morgan fingerprint density at radius 1 is 0.700 bits per heavy atom. The lowest BCUT2D eigenvalue weighted by molar-refractivity contribution is -0.384. The van der Waals surface area contributed by atoms with Crippen LogP contribution in [0, 0.1) is 22.0 Å². The monoisotopic (exact) mass is 986 g/mol. The summed E-state index contributed by atoms with van der Waals surface area (Å²) in [4.78, 5) is 139. The zero-order valence-corrected chi connectivity index (χ0v) is 40.3. The van der Waals surface area contributed by atoms with Crippen LogP contribution in [-0.4, -0.2) is 141 Å². The van der Waals surface area contributed by atoms with Crippen molar-refractivity contribution in [1.82, 2.24) is 52.5 Å². The predicted octanol–water partition coefficient (Wildman–Crippen LogP) is -2.79. The molecule has 27 heteroatoms. The summed E-state index contributed by atoms with van der Waals surface area (Å²) in [5.41, 5.74) is 11.2. The molecule has 0 aliphatic rings. The lowest BCUT2D eigenvalue weighted by atomic mass is 10.0. The summed E-state index contributed by atoms with van der Waals surface area (Å²) in [6.45, 7) is 9.68. The first-order chi connectivity index (χ1) is 32.9. The van der Waals surface area contributed by atoms with E-state index in [1.54, 1.807) is 27.7 Å². The van der Waals surface area contributed by atoms with Crippen LogP contribution in [0.3, 0.4) is 0 Å². The van der Waals surface area contributed by atoms with E-state index in [4.69, 9.17) is 11.5 Å². The molecule has 15 N–H and O–H groups in total. The van der Waals surface area contributed by atoms with Gasteiger partial charge in [0.15, 0.2) is 5.96 Å².